The Balaban J connectivity index is 1.85. The lowest BCUT2D eigenvalue weighted by Crippen LogP contribution is -2.10. The smallest absolute Gasteiger partial charge is 0.341 e. The Hall–Kier alpha value is -2.75. The van der Waals surface area contributed by atoms with E-state index in [0.717, 1.165) is 37.7 Å². The van der Waals surface area contributed by atoms with Crippen LogP contribution in [0.4, 0.5) is 0 Å². The maximum atomic E-state index is 11.4. The van der Waals surface area contributed by atoms with Gasteiger partial charge >= 0.3 is 26.2 Å². The fourth-order valence-electron chi connectivity index (χ4n) is 3.18. The van der Waals surface area contributed by atoms with Gasteiger partial charge in [-0.15, -0.1) is 11.8 Å². The second-order valence-electron chi connectivity index (χ2n) is 7.83. The summed E-state index contributed by atoms with van der Waals surface area (Å²) in [5.41, 5.74) is 2.40. The SMILES string of the molecule is CS(=O)(=O)Oc1ccc(C(=CCSc2ccc(OCC(=O)O)c(I)c2)c2ccc(OS(C)(=O)=O)cc2)cc1. The third-order valence-electron chi connectivity index (χ3n) is 4.62. The lowest BCUT2D eigenvalue weighted by molar-refractivity contribution is -0.139. The number of benzene rings is 3. The summed E-state index contributed by atoms with van der Waals surface area (Å²) in [5, 5.41) is 8.80. The Morgan fingerprint density at radius 3 is 1.79 bits per heavy atom. The van der Waals surface area contributed by atoms with Gasteiger partial charge in [0.25, 0.3) is 0 Å². The molecule has 0 aliphatic heterocycles. The largest absolute Gasteiger partial charge is 0.481 e. The Morgan fingerprint density at radius 1 is 0.868 bits per heavy atom. The average Bonchev–Trinajstić information content (AvgIpc) is 2.81. The standard InChI is InChI=1S/C25H23IO9S3/c1-37(29,30)34-19-7-3-17(4-8-19)22(18-5-9-20(10-6-18)35-38(2,31)32)13-14-36-21-11-12-24(23(26)15-21)33-16-25(27)28/h3-13,15H,14,16H2,1-2H3,(H,27,28). The van der Waals surface area contributed by atoms with Gasteiger partial charge < -0.3 is 18.2 Å². The molecular weight excluding hydrogens is 667 g/mol. The van der Waals surface area contributed by atoms with E-state index in [1.165, 1.54) is 0 Å². The van der Waals surface area contributed by atoms with Gasteiger partial charge in [0.2, 0.25) is 0 Å². The minimum Gasteiger partial charge on any atom is -0.481 e. The van der Waals surface area contributed by atoms with Gasteiger partial charge in [-0.3, -0.25) is 0 Å². The van der Waals surface area contributed by atoms with Crippen LogP contribution in [0.15, 0.2) is 77.7 Å². The summed E-state index contributed by atoms with van der Waals surface area (Å²) in [5.74, 6) is 0.359. The first-order valence-electron chi connectivity index (χ1n) is 10.8. The van der Waals surface area contributed by atoms with Crippen molar-refractivity contribution >= 4 is 66.1 Å². The van der Waals surface area contributed by atoms with Crippen molar-refractivity contribution in [2.45, 2.75) is 4.90 Å². The maximum Gasteiger partial charge on any atom is 0.341 e. The topological polar surface area (TPSA) is 133 Å². The first-order chi connectivity index (χ1) is 17.8. The number of carbonyl (C=O) groups is 1. The number of carboxylic acid groups (broad SMARTS) is 1. The summed E-state index contributed by atoms with van der Waals surface area (Å²) in [6, 6.07) is 18.6. The third-order valence-corrected chi connectivity index (χ3v) is 7.37. The lowest BCUT2D eigenvalue weighted by atomic mass is 9.97. The highest BCUT2D eigenvalue weighted by Crippen LogP contribution is 2.31. The van der Waals surface area contributed by atoms with Gasteiger partial charge in [-0.05, 0) is 81.8 Å². The van der Waals surface area contributed by atoms with Crippen molar-refractivity contribution in [3.05, 3.63) is 87.5 Å². The van der Waals surface area contributed by atoms with Crippen molar-refractivity contribution in [2.75, 3.05) is 24.9 Å². The molecule has 0 spiro atoms. The second-order valence-corrected chi connectivity index (χ2v) is 13.2. The van der Waals surface area contributed by atoms with Crippen molar-refractivity contribution in [1.29, 1.82) is 0 Å². The first kappa shape index (κ1) is 29.8. The van der Waals surface area contributed by atoms with Gasteiger partial charge in [0, 0.05) is 10.6 Å². The molecule has 38 heavy (non-hydrogen) atoms. The van der Waals surface area contributed by atoms with Crippen molar-refractivity contribution in [3.8, 4) is 17.2 Å². The number of hydrogen-bond donors (Lipinski definition) is 1. The van der Waals surface area contributed by atoms with Crippen LogP contribution >= 0.6 is 34.4 Å². The van der Waals surface area contributed by atoms with E-state index in [0.29, 0.717) is 11.5 Å². The van der Waals surface area contributed by atoms with Gasteiger partial charge in [0.15, 0.2) is 6.61 Å². The Bertz CT molecular complexity index is 1450. The number of halogens is 1. The van der Waals surface area contributed by atoms with E-state index in [9.17, 15) is 21.6 Å². The maximum absolute atomic E-state index is 11.4. The lowest BCUT2D eigenvalue weighted by Gasteiger charge is -2.12. The van der Waals surface area contributed by atoms with Gasteiger partial charge in [-0.1, -0.05) is 30.3 Å². The zero-order valence-electron chi connectivity index (χ0n) is 20.2. The van der Waals surface area contributed by atoms with Crippen LogP contribution in [-0.2, 0) is 25.0 Å². The van der Waals surface area contributed by atoms with Crippen LogP contribution < -0.4 is 13.1 Å². The predicted octanol–water partition coefficient (Wildman–Crippen LogP) is 4.66. The highest BCUT2D eigenvalue weighted by molar-refractivity contribution is 14.1. The van der Waals surface area contributed by atoms with Crippen LogP contribution in [0.3, 0.4) is 0 Å². The van der Waals surface area contributed by atoms with E-state index in [1.807, 2.05) is 18.2 Å². The molecular formula is C25H23IO9S3. The molecule has 202 valence electrons. The van der Waals surface area contributed by atoms with Crippen LogP contribution in [-0.4, -0.2) is 52.8 Å². The van der Waals surface area contributed by atoms with E-state index in [2.05, 4.69) is 22.6 Å². The summed E-state index contributed by atoms with van der Waals surface area (Å²) < 4.78 is 61.6. The molecule has 9 nitrogen and oxygen atoms in total. The van der Waals surface area contributed by atoms with Crippen LogP contribution in [0.25, 0.3) is 5.57 Å². The first-order valence-corrected chi connectivity index (χ1v) is 16.5. The molecule has 1 N–H and O–H groups in total. The minimum atomic E-state index is -3.66. The van der Waals surface area contributed by atoms with Crippen molar-refractivity contribution in [1.82, 2.24) is 0 Å². The zero-order valence-corrected chi connectivity index (χ0v) is 24.8. The fourth-order valence-corrected chi connectivity index (χ4v) is 5.79. The van der Waals surface area contributed by atoms with E-state index in [1.54, 1.807) is 66.4 Å². The number of carboxylic acids is 1. The van der Waals surface area contributed by atoms with Gasteiger partial charge in [0.1, 0.15) is 17.2 Å². The summed E-state index contributed by atoms with van der Waals surface area (Å²) in [6.07, 6.45) is 3.93. The molecule has 0 aromatic heterocycles. The Morgan fingerprint density at radius 2 is 1.37 bits per heavy atom. The van der Waals surface area contributed by atoms with Crippen molar-refractivity contribution in [2.24, 2.45) is 0 Å². The highest BCUT2D eigenvalue weighted by atomic mass is 127. The fraction of sp³-hybridized carbons (Fsp3) is 0.160. The van der Waals surface area contributed by atoms with Gasteiger partial charge in [-0.25, -0.2) is 4.79 Å². The van der Waals surface area contributed by atoms with Crippen LogP contribution in [0, 0.1) is 3.57 Å². The molecule has 0 radical (unpaired) electrons. The molecule has 13 heteroatoms. The van der Waals surface area contributed by atoms with Crippen molar-refractivity contribution in [3.63, 3.8) is 0 Å². The quantitative estimate of drug-likeness (QED) is 0.163. The number of rotatable bonds is 12. The molecule has 3 aromatic rings. The van der Waals surface area contributed by atoms with Gasteiger partial charge in [0.05, 0.1) is 16.1 Å². The minimum absolute atomic E-state index is 0.182. The molecule has 0 aliphatic rings. The number of thioether (sulfide) groups is 1. The van der Waals surface area contributed by atoms with E-state index < -0.39 is 32.8 Å². The molecule has 0 saturated heterocycles. The molecule has 3 aromatic carbocycles. The normalized spacial score (nSPS) is 11.4. The zero-order chi connectivity index (χ0) is 27.9. The Labute approximate surface area is 239 Å². The highest BCUT2D eigenvalue weighted by Gasteiger charge is 2.11. The average molecular weight is 691 g/mol. The number of ether oxygens (including phenoxy) is 1. The Kier molecular flexibility index (Phi) is 10.1. The predicted molar refractivity (Wildman–Crippen MR) is 154 cm³/mol. The molecule has 0 saturated carbocycles. The number of aliphatic carboxylic acids is 1. The summed E-state index contributed by atoms with van der Waals surface area (Å²) in [4.78, 5) is 11.7. The van der Waals surface area contributed by atoms with Crippen LogP contribution in [0.2, 0.25) is 0 Å². The molecule has 0 atom stereocenters. The molecule has 0 amide bonds. The molecule has 0 aliphatic carbocycles. The molecule has 0 fully saturated rings. The van der Waals surface area contributed by atoms with E-state index in [4.69, 9.17) is 18.2 Å². The molecule has 0 unspecified atom stereocenters. The third kappa shape index (κ3) is 9.85. The molecule has 0 heterocycles. The monoisotopic (exact) mass is 690 g/mol. The van der Waals surface area contributed by atoms with Crippen molar-refractivity contribution < 1.29 is 39.8 Å². The summed E-state index contributed by atoms with van der Waals surface area (Å²) in [7, 11) is -7.32. The summed E-state index contributed by atoms with van der Waals surface area (Å²) >= 11 is 3.63. The molecule has 3 rings (SSSR count). The van der Waals surface area contributed by atoms with Gasteiger partial charge in [-0.2, -0.15) is 16.8 Å². The second kappa shape index (κ2) is 12.9. The summed E-state index contributed by atoms with van der Waals surface area (Å²) in [6.45, 7) is -0.420. The van der Waals surface area contributed by atoms with Crippen LogP contribution in [0.5, 0.6) is 17.2 Å². The van der Waals surface area contributed by atoms with E-state index >= 15 is 0 Å². The number of hydrogen-bond acceptors (Lipinski definition) is 9. The molecule has 0 bridgehead atoms. The van der Waals surface area contributed by atoms with E-state index in [-0.39, 0.29) is 11.5 Å². The van der Waals surface area contributed by atoms with Crippen LogP contribution in [0.1, 0.15) is 11.1 Å².